The number of hydrogen-bond acceptors (Lipinski definition) is 4. The van der Waals surface area contributed by atoms with Gasteiger partial charge < -0.3 is 15.4 Å². The van der Waals surface area contributed by atoms with Gasteiger partial charge in [-0.1, -0.05) is 0 Å². The molecule has 2 saturated heterocycles. The fourth-order valence-electron chi connectivity index (χ4n) is 2.74. The van der Waals surface area contributed by atoms with Crippen LogP contribution in [0.5, 0.6) is 0 Å². The van der Waals surface area contributed by atoms with Crippen LogP contribution in [0.2, 0.25) is 0 Å². The van der Waals surface area contributed by atoms with Crippen LogP contribution in [0.3, 0.4) is 0 Å². The van der Waals surface area contributed by atoms with E-state index in [4.69, 9.17) is 4.74 Å². The highest BCUT2D eigenvalue weighted by Crippen LogP contribution is 2.25. The molecule has 2 fully saturated rings. The number of amides is 1. The number of alkyl halides is 3. The van der Waals surface area contributed by atoms with E-state index in [2.05, 4.69) is 10.6 Å². The van der Waals surface area contributed by atoms with E-state index in [-0.39, 0.29) is 30.8 Å². The lowest BCUT2D eigenvalue weighted by Crippen LogP contribution is -2.57. The zero-order valence-electron chi connectivity index (χ0n) is 12.3. The summed E-state index contributed by atoms with van der Waals surface area (Å²) in [7, 11) is 0. The fourth-order valence-corrected chi connectivity index (χ4v) is 2.74. The van der Waals surface area contributed by atoms with Crippen LogP contribution in [0.25, 0.3) is 0 Å². The second-order valence-corrected chi connectivity index (χ2v) is 5.49. The smallest absolute Gasteiger partial charge is 0.378 e. The molecule has 2 heterocycles. The van der Waals surface area contributed by atoms with Crippen molar-refractivity contribution in [3.8, 4) is 0 Å². The van der Waals surface area contributed by atoms with Crippen LogP contribution in [0.4, 0.5) is 13.2 Å². The molecule has 0 aromatic carbocycles. The van der Waals surface area contributed by atoms with Gasteiger partial charge in [0.25, 0.3) is 0 Å². The Morgan fingerprint density at radius 2 is 2.05 bits per heavy atom. The Labute approximate surface area is 134 Å². The molecule has 0 aromatic heterocycles. The number of piperazine rings is 1. The van der Waals surface area contributed by atoms with Gasteiger partial charge in [0.05, 0.1) is 12.5 Å². The van der Waals surface area contributed by atoms with Crippen molar-refractivity contribution >= 4 is 18.3 Å². The highest BCUT2D eigenvalue weighted by atomic mass is 35.5. The first-order valence-corrected chi connectivity index (χ1v) is 7.36. The Morgan fingerprint density at radius 1 is 1.36 bits per heavy atom. The second-order valence-electron chi connectivity index (χ2n) is 5.49. The minimum atomic E-state index is -4.34. The van der Waals surface area contributed by atoms with Crippen LogP contribution >= 0.6 is 12.4 Å². The molecule has 2 unspecified atom stereocenters. The van der Waals surface area contributed by atoms with E-state index < -0.39 is 18.8 Å². The van der Waals surface area contributed by atoms with Crippen LogP contribution in [-0.2, 0) is 9.53 Å². The number of hydrogen-bond donors (Lipinski definition) is 2. The molecule has 0 radical (unpaired) electrons. The fraction of sp³-hybridized carbons (Fsp3) is 0.923. The van der Waals surface area contributed by atoms with E-state index >= 15 is 0 Å². The molecule has 2 aliphatic rings. The van der Waals surface area contributed by atoms with Gasteiger partial charge in [-0.3, -0.25) is 9.69 Å². The van der Waals surface area contributed by atoms with Crippen molar-refractivity contribution in [2.45, 2.75) is 37.6 Å². The molecule has 2 N–H and O–H groups in total. The van der Waals surface area contributed by atoms with Gasteiger partial charge in [0, 0.05) is 39.3 Å². The van der Waals surface area contributed by atoms with Crippen molar-refractivity contribution in [1.82, 2.24) is 15.5 Å². The van der Waals surface area contributed by atoms with Crippen LogP contribution in [0, 0.1) is 0 Å². The number of carbonyl (C=O) groups excluding carboxylic acids is 1. The molecule has 2 atom stereocenters. The molecular formula is C13H23ClF3N3O2. The van der Waals surface area contributed by atoms with Gasteiger partial charge in [-0.15, -0.1) is 12.4 Å². The van der Waals surface area contributed by atoms with Gasteiger partial charge in [-0.05, 0) is 12.8 Å². The van der Waals surface area contributed by atoms with E-state index in [0.29, 0.717) is 32.8 Å². The summed E-state index contributed by atoms with van der Waals surface area (Å²) >= 11 is 0. The molecule has 2 rings (SSSR count). The number of carbonyl (C=O) groups is 1. The maximum Gasteiger partial charge on any atom is 0.405 e. The van der Waals surface area contributed by atoms with Crippen LogP contribution < -0.4 is 10.6 Å². The van der Waals surface area contributed by atoms with Crippen molar-refractivity contribution in [1.29, 1.82) is 0 Å². The lowest BCUT2D eigenvalue weighted by Gasteiger charge is -2.36. The number of nitrogens with one attached hydrogen (secondary N) is 2. The summed E-state index contributed by atoms with van der Waals surface area (Å²) in [6.07, 6.45) is -2.63. The summed E-state index contributed by atoms with van der Waals surface area (Å²) < 4.78 is 44.7. The quantitative estimate of drug-likeness (QED) is 0.778. The SMILES string of the molecule is Cl.O=C(CC1CCCO1)NCC(N1CCNCC1)C(F)(F)F. The van der Waals surface area contributed by atoms with Gasteiger partial charge >= 0.3 is 6.18 Å². The summed E-state index contributed by atoms with van der Waals surface area (Å²) in [6.45, 7) is 1.99. The minimum Gasteiger partial charge on any atom is -0.378 e. The normalized spacial score (nSPS) is 24.6. The van der Waals surface area contributed by atoms with E-state index in [1.165, 1.54) is 4.90 Å². The number of rotatable bonds is 5. The third-order valence-corrected chi connectivity index (χ3v) is 3.90. The molecule has 9 heteroatoms. The van der Waals surface area contributed by atoms with Crippen LogP contribution in [-0.4, -0.2) is 68.5 Å². The molecule has 2 aliphatic heterocycles. The van der Waals surface area contributed by atoms with Crippen molar-refractivity contribution in [3.63, 3.8) is 0 Å². The van der Waals surface area contributed by atoms with Gasteiger partial charge in [-0.25, -0.2) is 0 Å². The van der Waals surface area contributed by atoms with E-state index in [9.17, 15) is 18.0 Å². The monoisotopic (exact) mass is 345 g/mol. The predicted molar refractivity (Wildman–Crippen MR) is 78.1 cm³/mol. The Kier molecular flexibility index (Phi) is 7.88. The molecule has 0 spiro atoms. The Morgan fingerprint density at radius 3 is 2.59 bits per heavy atom. The molecule has 130 valence electrons. The predicted octanol–water partition coefficient (Wildman–Crippen LogP) is 0.930. The van der Waals surface area contributed by atoms with E-state index in [1.807, 2.05) is 0 Å². The average Bonchev–Trinajstić information content (AvgIpc) is 2.91. The summed E-state index contributed by atoms with van der Waals surface area (Å²) in [4.78, 5) is 13.1. The van der Waals surface area contributed by atoms with Crippen molar-refractivity contribution in [2.24, 2.45) is 0 Å². The first-order valence-electron chi connectivity index (χ1n) is 7.36. The third kappa shape index (κ3) is 5.91. The molecule has 1 amide bonds. The lowest BCUT2D eigenvalue weighted by molar-refractivity contribution is -0.184. The maximum absolute atomic E-state index is 13.1. The lowest BCUT2D eigenvalue weighted by atomic mass is 10.1. The Bertz CT molecular complexity index is 346. The zero-order chi connectivity index (χ0) is 15.3. The first-order chi connectivity index (χ1) is 9.97. The molecule has 0 aromatic rings. The van der Waals surface area contributed by atoms with Gasteiger partial charge in [0.1, 0.15) is 6.04 Å². The number of halogens is 4. The highest BCUT2D eigenvalue weighted by Gasteiger charge is 2.43. The molecule has 0 bridgehead atoms. The Hall–Kier alpha value is -0.570. The molecule has 0 aliphatic carbocycles. The summed E-state index contributed by atoms with van der Waals surface area (Å²) in [5.41, 5.74) is 0. The minimum absolute atomic E-state index is 0. The number of ether oxygens (including phenoxy) is 1. The number of nitrogens with zero attached hydrogens (tertiary/aromatic N) is 1. The molecule has 22 heavy (non-hydrogen) atoms. The average molecular weight is 346 g/mol. The standard InChI is InChI=1S/C13H22F3N3O2.ClH/c14-13(15,16)11(19-5-3-17-4-6-19)9-18-12(20)8-10-2-1-7-21-10;/h10-11,17H,1-9H2,(H,18,20);1H. The molecule has 5 nitrogen and oxygen atoms in total. The van der Waals surface area contributed by atoms with Crippen LogP contribution in [0.1, 0.15) is 19.3 Å². The first kappa shape index (κ1) is 19.5. The van der Waals surface area contributed by atoms with Gasteiger partial charge in [0.2, 0.25) is 5.91 Å². The van der Waals surface area contributed by atoms with E-state index in [0.717, 1.165) is 12.8 Å². The summed E-state index contributed by atoms with van der Waals surface area (Å²) in [5, 5.41) is 5.43. The molecule has 0 saturated carbocycles. The maximum atomic E-state index is 13.1. The second kappa shape index (κ2) is 8.90. The molecular weight excluding hydrogens is 323 g/mol. The third-order valence-electron chi connectivity index (χ3n) is 3.90. The summed E-state index contributed by atoms with van der Waals surface area (Å²) in [5.74, 6) is -0.369. The topological polar surface area (TPSA) is 53.6 Å². The van der Waals surface area contributed by atoms with Crippen LogP contribution in [0.15, 0.2) is 0 Å². The Balaban J connectivity index is 0.00000242. The highest BCUT2D eigenvalue weighted by molar-refractivity contribution is 5.85. The van der Waals surface area contributed by atoms with Crippen molar-refractivity contribution < 1.29 is 22.7 Å². The summed E-state index contributed by atoms with van der Waals surface area (Å²) in [6, 6.07) is -1.62. The van der Waals surface area contributed by atoms with Gasteiger partial charge in [-0.2, -0.15) is 13.2 Å². The van der Waals surface area contributed by atoms with Gasteiger partial charge in [0.15, 0.2) is 0 Å². The van der Waals surface area contributed by atoms with Crippen molar-refractivity contribution in [2.75, 3.05) is 39.3 Å². The van der Waals surface area contributed by atoms with Crippen molar-refractivity contribution in [3.05, 3.63) is 0 Å². The largest absolute Gasteiger partial charge is 0.405 e. The van der Waals surface area contributed by atoms with E-state index in [1.54, 1.807) is 0 Å². The zero-order valence-corrected chi connectivity index (χ0v) is 13.1.